The van der Waals surface area contributed by atoms with Crippen molar-refractivity contribution in [1.82, 2.24) is 0 Å². The highest BCUT2D eigenvalue weighted by atomic mass is 35.5. The number of nitrogens with zero attached hydrogens (tertiary/aromatic N) is 1. The number of halogens is 2. The van der Waals surface area contributed by atoms with E-state index >= 15 is 0 Å². The van der Waals surface area contributed by atoms with Gasteiger partial charge in [-0.25, -0.2) is 0 Å². The third-order valence-electron chi connectivity index (χ3n) is 1.84. The Bertz CT molecular complexity index is 387. The smallest absolute Gasteiger partial charge is 0.272 e. The zero-order valence-corrected chi connectivity index (χ0v) is 10.0. The van der Waals surface area contributed by atoms with Gasteiger partial charge in [-0.05, 0) is 6.92 Å². The maximum atomic E-state index is 10.5. The van der Waals surface area contributed by atoms with Gasteiger partial charge in [0, 0.05) is 24.7 Å². The highest BCUT2D eigenvalue weighted by Gasteiger charge is 2.14. The number of nitrogens with two attached hydrogens (primary N) is 1. The third kappa shape index (κ3) is 3.23. The van der Waals surface area contributed by atoms with Gasteiger partial charge in [-0.2, -0.15) is 0 Å². The summed E-state index contributed by atoms with van der Waals surface area (Å²) in [4.78, 5) is 9.98. The Hall–Kier alpha value is -1.04. The van der Waals surface area contributed by atoms with Crippen LogP contribution in [0.2, 0.25) is 10.0 Å². The predicted octanol–water partition coefficient (Wildman–Crippen LogP) is 2.66. The summed E-state index contributed by atoms with van der Waals surface area (Å²) in [7, 11) is 0. The molecule has 0 amide bonds. The van der Waals surface area contributed by atoms with Crippen molar-refractivity contribution in [1.29, 1.82) is 0 Å². The molecule has 0 radical (unpaired) electrons. The number of nitro groups is 1. The zero-order valence-electron chi connectivity index (χ0n) is 8.54. The number of hydrogen-bond acceptors (Lipinski definition) is 4. The topological polar surface area (TPSA) is 81.2 Å². The summed E-state index contributed by atoms with van der Waals surface area (Å²) in [6.45, 7) is 2.30. The van der Waals surface area contributed by atoms with Gasteiger partial charge in [0.15, 0.2) is 0 Å². The summed E-state index contributed by atoms with van der Waals surface area (Å²) in [6, 6.07) is 2.43. The largest absolute Gasteiger partial charge is 0.381 e. The molecule has 7 heteroatoms. The molecule has 1 rings (SSSR count). The minimum absolute atomic E-state index is 0.0673. The van der Waals surface area contributed by atoms with Crippen LogP contribution >= 0.6 is 23.2 Å². The Kier molecular flexibility index (Phi) is 4.35. The van der Waals surface area contributed by atoms with Crippen LogP contribution in [-0.2, 0) is 0 Å². The van der Waals surface area contributed by atoms with Crippen molar-refractivity contribution in [3.63, 3.8) is 0 Å². The van der Waals surface area contributed by atoms with Crippen LogP contribution < -0.4 is 11.1 Å². The summed E-state index contributed by atoms with van der Waals surface area (Å²) in [5.74, 6) is 0. The van der Waals surface area contributed by atoms with Gasteiger partial charge in [0.25, 0.3) is 5.69 Å². The molecule has 88 valence electrons. The Labute approximate surface area is 103 Å². The maximum Gasteiger partial charge on any atom is 0.272 e. The number of benzene rings is 1. The molecule has 0 heterocycles. The standard InChI is InChI=1S/C9H11Cl2N3O2/c1-5(12)4-13-9-7(10)2-6(14(15)16)3-8(9)11/h2-3,5,13H,4,12H2,1H3. The average Bonchev–Trinajstić information content (AvgIpc) is 2.15. The van der Waals surface area contributed by atoms with Gasteiger partial charge in [0.2, 0.25) is 0 Å². The highest BCUT2D eigenvalue weighted by Crippen LogP contribution is 2.34. The van der Waals surface area contributed by atoms with Gasteiger partial charge in [0.1, 0.15) is 0 Å². The number of non-ortho nitro benzene ring substituents is 1. The lowest BCUT2D eigenvalue weighted by molar-refractivity contribution is -0.384. The summed E-state index contributed by atoms with van der Waals surface area (Å²) in [5.41, 5.74) is 5.89. The molecule has 0 spiro atoms. The predicted molar refractivity (Wildman–Crippen MR) is 65.3 cm³/mol. The Balaban J connectivity index is 2.98. The SMILES string of the molecule is CC(N)CNc1c(Cl)cc([N+](=O)[O-])cc1Cl. The van der Waals surface area contributed by atoms with E-state index in [0.29, 0.717) is 12.2 Å². The molecule has 1 atom stereocenters. The summed E-state index contributed by atoms with van der Waals surface area (Å²) in [5, 5.41) is 13.9. The van der Waals surface area contributed by atoms with Crippen LogP contribution in [0.3, 0.4) is 0 Å². The third-order valence-corrected chi connectivity index (χ3v) is 2.43. The minimum Gasteiger partial charge on any atom is -0.381 e. The second kappa shape index (κ2) is 5.34. The molecule has 1 aromatic rings. The molecule has 0 aliphatic carbocycles. The average molecular weight is 264 g/mol. The lowest BCUT2D eigenvalue weighted by Crippen LogP contribution is -2.25. The summed E-state index contributed by atoms with van der Waals surface area (Å²) in [6.07, 6.45) is 0. The van der Waals surface area contributed by atoms with Crippen molar-refractivity contribution < 1.29 is 4.92 Å². The van der Waals surface area contributed by atoms with E-state index in [2.05, 4.69) is 5.32 Å². The van der Waals surface area contributed by atoms with Crippen molar-refractivity contribution >= 4 is 34.6 Å². The number of nitrogens with one attached hydrogen (secondary N) is 1. The first-order chi connectivity index (χ1) is 7.41. The summed E-state index contributed by atoms with van der Waals surface area (Å²) < 4.78 is 0. The molecular weight excluding hydrogens is 253 g/mol. The van der Waals surface area contributed by atoms with E-state index in [1.54, 1.807) is 0 Å². The van der Waals surface area contributed by atoms with Gasteiger partial charge in [-0.15, -0.1) is 0 Å². The minimum atomic E-state index is -0.549. The van der Waals surface area contributed by atoms with Crippen LogP contribution in [0, 0.1) is 10.1 Å². The second-order valence-electron chi connectivity index (χ2n) is 3.40. The van der Waals surface area contributed by atoms with E-state index in [0.717, 1.165) is 0 Å². The molecule has 1 unspecified atom stereocenters. The van der Waals surface area contributed by atoms with Crippen molar-refractivity contribution in [2.45, 2.75) is 13.0 Å². The van der Waals surface area contributed by atoms with Crippen LogP contribution in [0.25, 0.3) is 0 Å². The fourth-order valence-corrected chi connectivity index (χ4v) is 1.71. The lowest BCUT2D eigenvalue weighted by atomic mass is 10.2. The molecule has 3 N–H and O–H groups in total. The molecule has 0 saturated carbocycles. The van der Waals surface area contributed by atoms with Crippen LogP contribution in [0.5, 0.6) is 0 Å². The van der Waals surface area contributed by atoms with Crippen LogP contribution in [0.4, 0.5) is 11.4 Å². The van der Waals surface area contributed by atoms with Gasteiger partial charge >= 0.3 is 0 Å². The molecule has 0 aromatic heterocycles. The first kappa shape index (κ1) is 13.0. The first-order valence-electron chi connectivity index (χ1n) is 4.54. The molecular formula is C9H11Cl2N3O2. The molecule has 0 fully saturated rings. The van der Waals surface area contributed by atoms with Crippen molar-refractivity contribution in [2.75, 3.05) is 11.9 Å². The Morgan fingerprint density at radius 2 is 2.00 bits per heavy atom. The van der Waals surface area contributed by atoms with Gasteiger partial charge in [0.05, 0.1) is 20.7 Å². The van der Waals surface area contributed by atoms with E-state index < -0.39 is 4.92 Å². The number of rotatable bonds is 4. The molecule has 5 nitrogen and oxygen atoms in total. The Morgan fingerprint density at radius 1 is 1.50 bits per heavy atom. The van der Waals surface area contributed by atoms with E-state index in [1.807, 2.05) is 6.92 Å². The molecule has 0 aliphatic rings. The molecule has 1 aromatic carbocycles. The van der Waals surface area contributed by atoms with Crippen molar-refractivity contribution in [2.24, 2.45) is 5.73 Å². The van der Waals surface area contributed by atoms with Crippen molar-refractivity contribution in [3.05, 3.63) is 32.3 Å². The van der Waals surface area contributed by atoms with E-state index in [1.165, 1.54) is 12.1 Å². The van der Waals surface area contributed by atoms with Crippen LogP contribution in [-0.4, -0.2) is 17.5 Å². The van der Waals surface area contributed by atoms with Crippen molar-refractivity contribution in [3.8, 4) is 0 Å². The number of anilines is 1. The molecule has 0 bridgehead atoms. The fraction of sp³-hybridized carbons (Fsp3) is 0.333. The van der Waals surface area contributed by atoms with E-state index in [4.69, 9.17) is 28.9 Å². The highest BCUT2D eigenvalue weighted by molar-refractivity contribution is 6.39. The van der Waals surface area contributed by atoms with E-state index in [-0.39, 0.29) is 21.8 Å². The quantitative estimate of drug-likeness (QED) is 0.647. The summed E-state index contributed by atoms with van der Waals surface area (Å²) >= 11 is 11.7. The number of hydrogen-bond donors (Lipinski definition) is 2. The van der Waals surface area contributed by atoms with Gasteiger partial charge in [-0.3, -0.25) is 10.1 Å². The molecule has 0 saturated heterocycles. The normalized spacial score (nSPS) is 12.2. The van der Waals surface area contributed by atoms with Gasteiger partial charge in [-0.1, -0.05) is 23.2 Å². The first-order valence-corrected chi connectivity index (χ1v) is 5.30. The second-order valence-corrected chi connectivity index (χ2v) is 4.21. The number of nitro benzene ring substituents is 1. The zero-order chi connectivity index (χ0) is 12.3. The fourth-order valence-electron chi connectivity index (χ4n) is 1.10. The Morgan fingerprint density at radius 3 is 2.38 bits per heavy atom. The van der Waals surface area contributed by atoms with Gasteiger partial charge < -0.3 is 11.1 Å². The monoisotopic (exact) mass is 263 g/mol. The maximum absolute atomic E-state index is 10.5. The molecule has 16 heavy (non-hydrogen) atoms. The van der Waals surface area contributed by atoms with Crippen LogP contribution in [0.1, 0.15) is 6.92 Å². The van der Waals surface area contributed by atoms with Crippen LogP contribution in [0.15, 0.2) is 12.1 Å². The lowest BCUT2D eigenvalue weighted by Gasteiger charge is -2.12. The molecule has 0 aliphatic heterocycles. The van der Waals surface area contributed by atoms with E-state index in [9.17, 15) is 10.1 Å².